The van der Waals surface area contributed by atoms with Crippen LogP contribution in [0.1, 0.15) is 12.7 Å². The van der Waals surface area contributed by atoms with Gasteiger partial charge in [0.25, 0.3) is 11.1 Å². The van der Waals surface area contributed by atoms with Gasteiger partial charge in [0.2, 0.25) is 0 Å². The van der Waals surface area contributed by atoms with Gasteiger partial charge in [-0.25, -0.2) is 0 Å². The lowest BCUT2D eigenvalue weighted by atomic mass is 10.2. The maximum Gasteiger partial charge on any atom is 0.290 e. The first-order chi connectivity index (χ1) is 10.1. The Balaban J connectivity index is 2.00. The molecule has 2 heterocycles. The molecule has 0 unspecified atom stereocenters. The summed E-state index contributed by atoms with van der Waals surface area (Å²) in [6, 6.07) is 10.9. The number of carbonyl (C=O) groups excluding carboxylic acids is 2. The molecule has 1 saturated heterocycles. The van der Waals surface area contributed by atoms with Gasteiger partial charge in [-0.2, -0.15) is 0 Å². The Hall–Kier alpha value is -1.98. The van der Waals surface area contributed by atoms with Crippen molar-refractivity contribution in [2.45, 2.75) is 6.92 Å². The Labute approximate surface area is 130 Å². The lowest BCUT2D eigenvalue weighted by Gasteiger charge is -2.01. The second kappa shape index (κ2) is 5.42. The first-order valence-corrected chi connectivity index (χ1v) is 7.35. The van der Waals surface area contributed by atoms with E-state index in [0.29, 0.717) is 27.0 Å². The summed E-state index contributed by atoms with van der Waals surface area (Å²) in [4.78, 5) is 23.2. The lowest BCUT2D eigenvalue weighted by Crippen LogP contribution is -2.18. The topological polar surface area (TPSA) is 59.3 Å². The zero-order valence-electron chi connectivity index (χ0n) is 11.0. The summed E-state index contributed by atoms with van der Waals surface area (Å²) >= 11 is 7.01. The van der Waals surface area contributed by atoms with Crippen LogP contribution in [-0.4, -0.2) is 11.1 Å². The molecule has 0 aliphatic carbocycles. The molecule has 0 atom stereocenters. The SMILES string of the molecule is C/C(=C1/SC(=O)NC1=O)c1ccc(-c2ccccc2Cl)o1. The summed E-state index contributed by atoms with van der Waals surface area (Å²) < 4.78 is 5.76. The van der Waals surface area contributed by atoms with Crippen molar-refractivity contribution in [2.75, 3.05) is 0 Å². The number of amides is 2. The van der Waals surface area contributed by atoms with Gasteiger partial charge >= 0.3 is 0 Å². The summed E-state index contributed by atoms with van der Waals surface area (Å²) in [5.74, 6) is 0.765. The second-order valence-electron chi connectivity index (χ2n) is 4.44. The fourth-order valence-corrected chi connectivity index (χ4v) is 2.97. The van der Waals surface area contributed by atoms with Crippen molar-refractivity contribution in [3.63, 3.8) is 0 Å². The molecule has 0 saturated carbocycles. The van der Waals surface area contributed by atoms with Crippen molar-refractivity contribution in [2.24, 2.45) is 0 Å². The highest BCUT2D eigenvalue weighted by Gasteiger charge is 2.28. The van der Waals surface area contributed by atoms with Crippen LogP contribution in [0.4, 0.5) is 4.79 Å². The normalized spacial score (nSPS) is 17.0. The van der Waals surface area contributed by atoms with Gasteiger partial charge < -0.3 is 4.42 Å². The van der Waals surface area contributed by atoms with Crippen LogP contribution in [0.25, 0.3) is 16.9 Å². The molecule has 21 heavy (non-hydrogen) atoms. The molecule has 1 fully saturated rings. The van der Waals surface area contributed by atoms with Crippen LogP contribution in [-0.2, 0) is 4.79 Å². The fourth-order valence-electron chi connectivity index (χ4n) is 2.02. The maximum atomic E-state index is 11.7. The Morgan fingerprint density at radius 3 is 2.62 bits per heavy atom. The van der Waals surface area contributed by atoms with E-state index in [1.165, 1.54) is 0 Å². The van der Waals surface area contributed by atoms with E-state index in [9.17, 15) is 9.59 Å². The van der Waals surface area contributed by atoms with Crippen LogP contribution in [0.5, 0.6) is 0 Å². The number of allylic oxidation sites excluding steroid dienone is 1. The minimum atomic E-state index is -0.391. The highest BCUT2D eigenvalue weighted by atomic mass is 35.5. The van der Waals surface area contributed by atoms with Gasteiger partial charge in [0.05, 0.1) is 9.93 Å². The number of rotatable bonds is 2. The molecule has 1 aliphatic heterocycles. The molecule has 1 aliphatic rings. The van der Waals surface area contributed by atoms with E-state index in [0.717, 1.165) is 17.3 Å². The molecule has 6 heteroatoms. The Kier molecular flexibility index (Phi) is 3.61. The molecule has 0 bridgehead atoms. The summed E-state index contributed by atoms with van der Waals surface area (Å²) in [7, 11) is 0. The lowest BCUT2D eigenvalue weighted by molar-refractivity contribution is -0.115. The van der Waals surface area contributed by atoms with E-state index in [2.05, 4.69) is 5.32 Å². The smallest absolute Gasteiger partial charge is 0.290 e. The summed E-state index contributed by atoms with van der Waals surface area (Å²) in [6.07, 6.45) is 0. The predicted octanol–water partition coefficient (Wildman–Crippen LogP) is 4.31. The number of benzene rings is 1. The molecule has 1 aromatic heterocycles. The fraction of sp³-hybridized carbons (Fsp3) is 0.0667. The van der Waals surface area contributed by atoms with Crippen molar-refractivity contribution < 1.29 is 14.0 Å². The molecule has 0 spiro atoms. The third-order valence-electron chi connectivity index (χ3n) is 3.07. The van der Waals surface area contributed by atoms with E-state index in [4.69, 9.17) is 16.0 Å². The molecule has 1 aromatic carbocycles. The molecular weight excluding hydrogens is 310 g/mol. The highest BCUT2D eigenvalue weighted by molar-refractivity contribution is 8.18. The van der Waals surface area contributed by atoms with Crippen LogP contribution >= 0.6 is 23.4 Å². The largest absolute Gasteiger partial charge is 0.456 e. The average Bonchev–Trinajstić information content (AvgIpc) is 3.05. The van der Waals surface area contributed by atoms with Crippen LogP contribution in [0, 0.1) is 0 Å². The molecule has 2 amide bonds. The van der Waals surface area contributed by atoms with E-state index >= 15 is 0 Å². The number of nitrogens with one attached hydrogen (secondary N) is 1. The molecule has 1 N–H and O–H groups in total. The van der Waals surface area contributed by atoms with Crippen LogP contribution in [0.2, 0.25) is 5.02 Å². The Bertz CT molecular complexity index is 779. The molecular formula is C15H10ClNO3S. The van der Waals surface area contributed by atoms with Gasteiger partial charge in [-0.3, -0.25) is 14.9 Å². The zero-order valence-corrected chi connectivity index (χ0v) is 12.5. The monoisotopic (exact) mass is 319 g/mol. The number of furan rings is 1. The zero-order chi connectivity index (χ0) is 15.0. The van der Waals surface area contributed by atoms with E-state index < -0.39 is 5.91 Å². The van der Waals surface area contributed by atoms with Crippen molar-refractivity contribution in [1.82, 2.24) is 5.32 Å². The van der Waals surface area contributed by atoms with Gasteiger partial charge in [-0.15, -0.1) is 0 Å². The molecule has 2 aromatic rings. The van der Waals surface area contributed by atoms with Crippen molar-refractivity contribution in [1.29, 1.82) is 0 Å². The highest BCUT2D eigenvalue weighted by Crippen LogP contribution is 2.35. The molecule has 0 radical (unpaired) electrons. The van der Waals surface area contributed by atoms with Gasteiger partial charge in [0.1, 0.15) is 11.5 Å². The predicted molar refractivity (Wildman–Crippen MR) is 82.9 cm³/mol. The number of hydrogen-bond donors (Lipinski definition) is 1. The number of carbonyl (C=O) groups is 2. The summed E-state index contributed by atoms with van der Waals surface area (Å²) in [5, 5.41) is 2.45. The first-order valence-electron chi connectivity index (χ1n) is 6.15. The van der Waals surface area contributed by atoms with E-state index in [-0.39, 0.29) is 5.24 Å². The van der Waals surface area contributed by atoms with Crippen molar-refractivity contribution in [3.8, 4) is 11.3 Å². The van der Waals surface area contributed by atoms with Crippen LogP contribution < -0.4 is 5.32 Å². The first kappa shape index (κ1) is 14.0. The summed E-state index contributed by atoms with van der Waals surface area (Å²) in [5.41, 5.74) is 1.41. The van der Waals surface area contributed by atoms with Gasteiger partial charge in [0.15, 0.2) is 0 Å². The standard InChI is InChI=1S/C15H10ClNO3S/c1-8(13-14(18)17-15(19)21-13)11-6-7-12(20-11)9-4-2-3-5-10(9)16/h2-7H,1H3,(H,17,18,19)/b13-8-. The third-order valence-corrected chi connectivity index (χ3v) is 4.38. The van der Waals surface area contributed by atoms with Crippen molar-refractivity contribution in [3.05, 3.63) is 52.1 Å². The Morgan fingerprint density at radius 1 is 1.19 bits per heavy atom. The second-order valence-corrected chi connectivity index (χ2v) is 5.83. The van der Waals surface area contributed by atoms with E-state index in [1.807, 2.05) is 18.2 Å². The maximum absolute atomic E-state index is 11.7. The quantitative estimate of drug-likeness (QED) is 0.838. The number of imide groups is 1. The van der Waals surface area contributed by atoms with Gasteiger partial charge in [-0.05, 0) is 43.0 Å². The minimum absolute atomic E-state index is 0.361. The number of thioether (sulfide) groups is 1. The van der Waals surface area contributed by atoms with Crippen molar-refractivity contribution >= 4 is 40.1 Å². The van der Waals surface area contributed by atoms with Gasteiger partial charge in [-0.1, -0.05) is 23.7 Å². The van der Waals surface area contributed by atoms with Crippen LogP contribution in [0.15, 0.2) is 45.7 Å². The number of hydrogen-bond acceptors (Lipinski definition) is 4. The minimum Gasteiger partial charge on any atom is -0.456 e. The summed E-state index contributed by atoms with van der Waals surface area (Å²) in [6.45, 7) is 1.75. The van der Waals surface area contributed by atoms with Gasteiger partial charge in [0, 0.05) is 11.1 Å². The third kappa shape index (κ3) is 2.62. The molecule has 106 valence electrons. The van der Waals surface area contributed by atoms with Crippen LogP contribution in [0.3, 0.4) is 0 Å². The van der Waals surface area contributed by atoms with E-state index in [1.54, 1.807) is 25.1 Å². The average molecular weight is 320 g/mol. The number of halogens is 1. The molecule has 3 rings (SSSR count). The Morgan fingerprint density at radius 2 is 1.95 bits per heavy atom. The molecule has 4 nitrogen and oxygen atoms in total.